The van der Waals surface area contributed by atoms with E-state index < -0.39 is 5.97 Å². The predicted molar refractivity (Wildman–Crippen MR) is 59.1 cm³/mol. The van der Waals surface area contributed by atoms with Crippen molar-refractivity contribution in [3.63, 3.8) is 0 Å². The van der Waals surface area contributed by atoms with Gasteiger partial charge in [-0.05, 0) is 30.0 Å². The summed E-state index contributed by atoms with van der Waals surface area (Å²) in [7, 11) is 1.34. The molecular formula is C12H17NO3. The lowest BCUT2D eigenvalue weighted by Crippen LogP contribution is -2.05. The van der Waals surface area contributed by atoms with Gasteiger partial charge in [-0.1, -0.05) is 13.8 Å². The summed E-state index contributed by atoms with van der Waals surface area (Å²) in [5, 5.41) is 0. The summed E-state index contributed by atoms with van der Waals surface area (Å²) in [6, 6.07) is 3.50. The lowest BCUT2D eigenvalue weighted by Gasteiger charge is -1.99. The van der Waals surface area contributed by atoms with E-state index in [2.05, 4.69) is 18.6 Å². The molecule has 2 unspecified atom stereocenters. The standard InChI is InChI=1S/C12H17NO3/c1-12(2)7(6-13)10(12)8-4-5-9(16-8)11(14)15-3/h4-5,7,10H,6,13H2,1-3H3. The van der Waals surface area contributed by atoms with Crippen LogP contribution in [0.4, 0.5) is 0 Å². The Labute approximate surface area is 94.8 Å². The molecule has 0 aliphatic heterocycles. The third-order valence-corrected chi connectivity index (χ3v) is 3.62. The zero-order chi connectivity index (χ0) is 11.9. The molecule has 1 saturated carbocycles. The number of hydrogen-bond acceptors (Lipinski definition) is 4. The van der Waals surface area contributed by atoms with Crippen molar-refractivity contribution in [1.82, 2.24) is 0 Å². The molecule has 0 amide bonds. The molecule has 4 nitrogen and oxygen atoms in total. The van der Waals surface area contributed by atoms with E-state index in [0.29, 0.717) is 18.4 Å². The van der Waals surface area contributed by atoms with Crippen molar-refractivity contribution in [1.29, 1.82) is 0 Å². The highest BCUT2D eigenvalue weighted by atomic mass is 16.5. The molecule has 2 atom stereocenters. The number of carbonyl (C=O) groups is 1. The normalized spacial score (nSPS) is 26.5. The van der Waals surface area contributed by atoms with Crippen LogP contribution in [-0.4, -0.2) is 19.6 Å². The minimum absolute atomic E-state index is 0.167. The molecule has 4 heteroatoms. The van der Waals surface area contributed by atoms with Crippen LogP contribution in [0.25, 0.3) is 0 Å². The molecule has 1 fully saturated rings. The predicted octanol–water partition coefficient (Wildman–Crippen LogP) is 1.76. The third-order valence-electron chi connectivity index (χ3n) is 3.62. The summed E-state index contributed by atoms with van der Waals surface area (Å²) in [4.78, 5) is 11.2. The van der Waals surface area contributed by atoms with Crippen molar-refractivity contribution in [2.75, 3.05) is 13.7 Å². The van der Waals surface area contributed by atoms with E-state index >= 15 is 0 Å². The Morgan fingerprint density at radius 3 is 2.75 bits per heavy atom. The van der Waals surface area contributed by atoms with E-state index in [0.717, 1.165) is 5.76 Å². The first-order valence-electron chi connectivity index (χ1n) is 5.40. The topological polar surface area (TPSA) is 65.5 Å². The molecule has 2 N–H and O–H groups in total. The molecule has 0 aromatic carbocycles. The fourth-order valence-corrected chi connectivity index (χ4v) is 2.48. The van der Waals surface area contributed by atoms with Gasteiger partial charge in [-0.3, -0.25) is 0 Å². The van der Waals surface area contributed by atoms with Crippen LogP contribution in [0, 0.1) is 11.3 Å². The molecule has 1 heterocycles. The number of rotatable bonds is 3. The minimum atomic E-state index is -0.436. The molecule has 1 aliphatic rings. The van der Waals surface area contributed by atoms with Crippen LogP contribution in [0.1, 0.15) is 36.1 Å². The Bertz CT molecular complexity index is 408. The number of esters is 1. The largest absolute Gasteiger partial charge is 0.463 e. The number of methoxy groups -OCH3 is 1. The van der Waals surface area contributed by atoms with E-state index in [1.54, 1.807) is 6.07 Å². The Morgan fingerprint density at radius 1 is 1.56 bits per heavy atom. The molecule has 2 rings (SSSR count). The van der Waals surface area contributed by atoms with E-state index in [-0.39, 0.29) is 11.2 Å². The third kappa shape index (κ3) is 1.53. The van der Waals surface area contributed by atoms with Crippen LogP contribution >= 0.6 is 0 Å². The van der Waals surface area contributed by atoms with Crippen molar-refractivity contribution >= 4 is 5.97 Å². The lowest BCUT2D eigenvalue weighted by atomic mass is 10.1. The first kappa shape index (κ1) is 11.2. The van der Waals surface area contributed by atoms with Gasteiger partial charge in [-0.15, -0.1) is 0 Å². The van der Waals surface area contributed by atoms with Crippen molar-refractivity contribution in [3.8, 4) is 0 Å². The average Bonchev–Trinajstić information content (AvgIpc) is 2.67. The van der Waals surface area contributed by atoms with Gasteiger partial charge in [0, 0.05) is 5.92 Å². The number of ether oxygens (including phenoxy) is 1. The van der Waals surface area contributed by atoms with Gasteiger partial charge in [0.15, 0.2) is 0 Å². The Morgan fingerprint density at radius 2 is 2.25 bits per heavy atom. The second-order valence-corrected chi connectivity index (χ2v) is 4.83. The summed E-state index contributed by atoms with van der Waals surface area (Å²) >= 11 is 0. The monoisotopic (exact) mass is 223 g/mol. The van der Waals surface area contributed by atoms with Gasteiger partial charge >= 0.3 is 5.97 Å². The van der Waals surface area contributed by atoms with Crippen molar-refractivity contribution in [2.24, 2.45) is 17.1 Å². The molecule has 0 bridgehead atoms. The van der Waals surface area contributed by atoms with Crippen molar-refractivity contribution < 1.29 is 13.9 Å². The Balaban J connectivity index is 2.18. The van der Waals surface area contributed by atoms with Crippen LogP contribution in [0.2, 0.25) is 0 Å². The van der Waals surface area contributed by atoms with Crippen LogP contribution in [0.5, 0.6) is 0 Å². The van der Waals surface area contributed by atoms with Crippen LogP contribution in [0.3, 0.4) is 0 Å². The molecule has 16 heavy (non-hydrogen) atoms. The minimum Gasteiger partial charge on any atom is -0.463 e. The van der Waals surface area contributed by atoms with Crippen LogP contribution in [-0.2, 0) is 4.74 Å². The smallest absolute Gasteiger partial charge is 0.373 e. The van der Waals surface area contributed by atoms with Crippen LogP contribution < -0.4 is 5.73 Å². The molecule has 88 valence electrons. The first-order valence-corrected chi connectivity index (χ1v) is 5.40. The maximum Gasteiger partial charge on any atom is 0.373 e. The zero-order valence-electron chi connectivity index (χ0n) is 9.82. The van der Waals surface area contributed by atoms with Gasteiger partial charge < -0.3 is 14.9 Å². The fraction of sp³-hybridized carbons (Fsp3) is 0.583. The summed E-state index contributed by atoms with van der Waals surface area (Å²) in [6.07, 6.45) is 0. The maximum atomic E-state index is 11.2. The van der Waals surface area contributed by atoms with Gasteiger partial charge in [0.2, 0.25) is 5.76 Å². The van der Waals surface area contributed by atoms with Gasteiger partial charge in [0.25, 0.3) is 0 Å². The van der Waals surface area contributed by atoms with Crippen LogP contribution in [0.15, 0.2) is 16.5 Å². The highest BCUT2D eigenvalue weighted by molar-refractivity contribution is 5.86. The second-order valence-electron chi connectivity index (χ2n) is 4.83. The van der Waals surface area contributed by atoms with Gasteiger partial charge in [0.1, 0.15) is 5.76 Å². The SMILES string of the molecule is COC(=O)c1ccc(C2C(CN)C2(C)C)o1. The lowest BCUT2D eigenvalue weighted by molar-refractivity contribution is 0.0562. The molecule has 0 radical (unpaired) electrons. The number of furan rings is 1. The van der Waals surface area contributed by atoms with E-state index in [4.69, 9.17) is 10.2 Å². The maximum absolute atomic E-state index is 11.2. The molecule has 0 spiro atoms. The molecule has 0 saturated heterocycles. The highest BCUT2D eigenvalue weighted by Gasteiger charge is 2.59. The number of hydrogen-bond donors (Lipinski definition) is 1. The highest BCUT2D eigenvalue weighted by Crippen LogP contribution is 2.63. The summed E-state index contributed by atoms with van der Waals surface area (Å²) in [6.45, 7) is 4.97. The Hall–Kier alpha value is -1.29. The Kier molecular flexibility index (Phi) is 2.54. The zero-order valence-corrected chi connectivity index (χ0v) is 9.82. The van der Waals surface area contributed by atoms with Crippen molar-refractivity contribution in [2.45, 2.75) is 19.8 Å². The van der Waals surface area contributed by atoms with E-state index in [1.165, 1.54) is 7.11 Å². The van der Waals surface area contributed by atoms with Crippen molar-refractivity contribution in [3.05, 3.63) is 23.7 Å². The number of carbonyl (C=O) groups excluding carboxylic acids is 1. The molecule has 1 aromatic heterocycles. The van der Waals surface area contributed by atoms with Gasteiger partial charge in [-0.2, -0.15) is 0 Å². The summed E-state index contributed by atoms with van der Waals surface area (Å²) < 4.78 is 10.1. The molecular weight excluding hydrogens is 206 g/mol. The molecule has 1 aliphatic carbocycles. The van der Waals surface area contributed by atoms with E-state index in [9.17, 15) is 4.79 Å². The number of nitrogens with two attached hydrogens (primary N) is 1. The quantitative estimate of drug-likeness (QED) is 0.793. The summed E-state index contributed by atoms with van der Waals surface area (Å²) in [5.41, 5.74) is 5.86. The summed E-state index contributed by atoms with van der Waals surface area (Å²) in [5.74, 6) is 1.41. The first-order chi connectivity index (χ1) is 7.52. The fourth-order valence-electron chi connectivity index (χ4n) is 2.48. The van der Waals surface area contributed by atoms with E-state index in [1.807, 2.05) is 6.07 Å². The van der Waals surface area contributed by atoms with Gasteiger partial charge in [-0.25, -0.2) is 4.79 Å². The average molecular weight is 223 g/mol. The molecule has 1 aromatic rings. The van der Waals surface area contributed by atoms with Gasteiger partial charge in [0.05, 0.1) is 7.11 Å². The second kappa shape index (κ2) is 3.63.